The molecule has 33 heavy (non-hydrogen) atoms. The predicted octanol–water partition coefficient (Wildman–Crippen LogP) is 4.67. The zero-order chi connectivity index (χ0) is 24.0. The van der Waals surface area contributed by atoms with Gasteiger partial charge in [0.25, 0.3) is 5.91 Å². The van der Waals surface area contributed by atoms with E-state index in [0.717, 1.165) is 10.7 Å². The molecule has 0 aliphatic rings. The lowest BCUT2D eigenvalue weighted by molar-refractivity contribution is 0.102. The third-order valence-corrected chi connectivity index (χ3v) is 5.58. The van der Waals surface area contributed by atoms with Crippen molar-refractivity contribution in [3.63, 3.8) is 0 Å². The SMILES string of the molecule is COc1ccc(OC)c(COc2cc(NC(=O)c3cccc(Br)c3)ccc2NS(C)(=O)=O)c1. The van der Waals surface area contributed by atoms with Crippen LogP contribution in [0.25, 0.3) is 0 Å². The quantitative estimate of drug-likeness (QED) is 0.413. The van der Waals surface area contributed by atoms with Crippen LogP contribution in [0.5, 0.6) is 17.2 Å². The number of halogens is 1. The van der Waals surface area contributed by atoms with Crippen molar-refractivity contribution in [1.29, 1.82) is 0 Å². The molecule has 3 aromatic carbocycles. The molecule has 0 aliphatic carbocycles. The van der Waals surface area contributed by atoms with Gasteiger partial charge in [0, 0.05) is 27.4 Å². The molecule has 1 amide bonds. The third kappa shape index (κ3) is 6.87. The number of carbonyl (C=O) groups is 1. The minimum absolute atomic E-state index is 0.0713. The van der Waals surface area contributed by atoms with Crippen molar-refractivity contribution >= 4 is 43.2 Å². The van der Waals surface area contributed by atoms with Crippen molar-refractivity contribution in [3.8, 4) is 17.2 Å². The lowest BCUT2D eigenvalue weighted by Gasteiger charge is -2.16. The molecule has 8 nitrogen and oxygen atoms in total. The third-order valence-electron chi connectivity index (χ3n) is 4.49. The van der Waals surface area contributed by atoms with Crippen LogP contribution in [0, 0.1) is 0 Å². The minimum Gasteiger partial charge on any atom is -0.497 e. The molecule has 174 valence electrons. The van der Waals surface area contributed by atoms with E-state index in [-0.39, 0.29) is 24.0 Å². The first-order valence-electron chi connectivity index (χ1n) is 9.71. The highest BCUT2D eigenvalue weighted by Crippen LogP contribution is 2.32. The summed E-state index contributed by atoms with van der Waals surface area (Å²) in [6, 6.07) is 16.9. The molecule has 0 heterocycles. The van der Waals surface area contributed by atoms with Gasteiger partial charge in [-0.05, 0) is 48.5 Å². The van der Waals surface area contributed by atoms with Crippen molar-refractivity contribution in [2.75, 3.05) is 30.5 Å². The molecule has 0 atom stereocenters. The van der Waals surface area contributed by atoms with E-state index in [1.54, 1.807) is 62.8 Å². The number of sulfonamides is 1. The summed E-state index contributed by atoms with van der Waals surface area (Å²) in [4.78, 5) is 12.6. The first-order chi connectivity index (χ1) is 15.7. The molecule has 0 unspecified atom stereocenters. The molecule has 0 saturated carbocycles. The fourth-order valence-corrected chi connectivity index (χ4v) is 3.95. The van der Waals surface area contributed by atoms with Crippen molar-refractivity contribution in [2.24, 2.45) is 0 Å². The highest BCUT2D eigenvalue weighted by Gasteiger charge is 2.14. The number of ether oxygens (including phenoxy) is 3. The Morgan fingerprint density at radius 1 is 0.970 bits per heavy atom. The van der Waals surface area contributed by atoms with Gasteiger partial charge in [-0.25, -0.2) is 8.42 Å². The number of anilines is 2. The maximum atomic E-state index is 12.6. The summed E-state index contributed by atoms with van der Waals surface area (Å²) in [5, 5.41) is 2.79. The Hall–Kier alpha value is -3.24. The molecule has 3 rings (SSSR count). The molecule has 0 fully saturated rings. The van der Waals surface area contributed by atoms with Gasteiger partial charge >= 0.3 is 0 Å². The maximum absolute atomic E-state index is 12.6. The number of amides is 1. The number of benzene rings is 3. The van der Waals surface area contributed by atoms with Crippen molar-refractivity contribution in [3.05, 3.63) is 76.3 Å². The van der Waals surface area contributed by atoms with Gasteiger partial charge in [0.05, 0.1) is 26.2 Å². The van der Waals surface area contributed by atoms with E-state index < -0.39 is 10.0 Å². The topological polar surface area (TPSA) is 103 Å². The van der Waals surface area contributed by atoms with Crippen LogP contribution in [0.15, 0.2) is 65.1 Å². The van der Waals surface area contributed by atoms with Crippen LogP contribution in [0.4, 0.5) is 11.4 Å². The Balaban J connectivity index is 1.88. The highest BCUT2D eigenvalue weighted by atomic mass is 79.9. The molecular weight excluding hydrogens is 512 g/mol. The summed E-state index contributed by atoms with van der Waals surface area (Å²) in [5.74, 6) is 1.13. The molecule has 0 spiro atoms. The molecular formula is C23H23BrN2O6S. The van der Waals surface area contributed by atoms with Gasteiger partial charge in [-0.3, -0.25) is 9.52 Å². The summed E-state index contributed by atoms with van der Waals surface area (Å²) >= 11 is 3.35. The van der Waals surface area contributed by atoms with E-state index in [4.69, 9.17) is 14.2 Å². The molecule has 0 aliphatic heterocycles. The van der Waals surface area contributed by atoms with Crippen LogP contribution < -0.4 is 24.2 Å². The summed E-state index contributed by atoms with van der Waals surface area (Å²) in [5.41, 5.74) is 1.84. The Bertz CT molecular complexity index is 1260. The fourth-order valence-electron chi connectivity index (χ4n) is 2.99. The summed E-state index contributed by atoms with van der Waals surface area (Å²) in [6.45, 7) is 0.0713. The van der Waals surface area contributed by atoms with E-state index >= 15 is 0 Å². The zero-order valence-corrected chi connectivity index (χ0v) is 20.6. The average molecular weight is 535 g/mol. The first kappa shape index (κ1) is 24.4. The highest BCUT2D eigenvalue weighted by molar-refractivity contribution is 9.10. The second-order valence-electron chi connectivity index (χ2n) is 7.02. The fraction of sp³-hybridized carbons (Fsp3) is 0.174. The predicted molar refractivity (Wildman–Crippen MR) is 131 cm³/mol. The van der Waals surface area contributed by atoms with E-state index in [0.29, 0.717) is 28.3 Å². The van der Waals surface area contributed by atoms with Gasteiger partial charge < -0.3 is 19.5 Å². The average Bonchev–Trinajstić information content (AvgIpc) is 2.77. The van der Waals surface area contributed by atoms with Gasteiger partial charge in [0.2, 0.25) is 10.0 Å². The van der Waals surface area contributed by atoms with Gasteiger partial charge in [0.15, 0.2) is 0 Å². The van der Waals surface area contributed by atoms with E-state index in [2.05, 4.69) is 26.0 Å². The van der Waals surface area contributed by atoms with E-state index in [1.165, 1.54) is 6.07 Å². The normalized spacial score (nSPS) is 10.9. The van der Waals surface area contributed by atoms with E-state index in [1.807, 2.05) is 6.07 Å². The number of hydrogen-bond donors (Lipinski definition) is 2. The molecule has 0 bridgehead atoms. The van der Waals surface area contributed by atoms with Crippen LogP contribution in [0.1, 0.15) is 15.9 Å². The van der Waals surface area contributed by atoms with Gasteiger partial charge in [-0.1, -0.05) is 22.0 Å². The second-order valence-corrected chi connectivity index (χ2v) is 9.68. The molecule has 0 saturated heterocycles. The van der Waals surface area contributed by atoms with Crippen molar-refractivity contribution in [2.45, 2.75) is 6.61 Å². The molecule has 3 aromatic rings. The Morgan fingerprint density at radius 2 is 1.76 bits per heavy atom. The lowest BCUT2D eigenvalue weighted by Crippen LogP contribution is -2.13. The minimum atomic E-state index is -3.56. The Labute approximate surface area is 201 Å². The van der Waals surface area contributed by atoms with E-state index in [9.17, 15) is 13.2 Å². The summed E-state index contributed by atoms with van der Waals surface area (Å²) < 4.78 is 43.4. The maximum Gasteiger partial charge on any atom is 0.255 e. The molecule has 10 heteroatoms. The largest absolute Gasteiger partial charge is 0.497 e. The van der Waals surface area contributed by atoms with Crippen LogP contribution in [-0.4, -0.2) is 34.8 Å². The van der Waals surface area contributed by atoms with Crippen molar-refractivity contribution < 1.29 is 27.4 Å². The zero-order valence-electron chi connectivity index (χ0n) is 18.2. The van der Waals surface area contributed by atoms with Gasteiger partial charge in [-0.15, -0.1) is 0 Å². The number of nitrogens with one attached hydrogen (secondary N) is 2. The smallest absolute Gasteiger partial charge is 0.255 e. The van der Waals surface area contributed by atoms with Crippen LogP contribution >= 0.6 is 15.9 Å². The van der Waals surface area contributed by atoms with Crippen molar-refractivity contribution in [1.82, 2.24) is 0 Å². The first-order valence-corrected chi connectivity index (χ1v) is 12.4. The number of methoxy groups -OCH3 is 2. The molecule has 2 N–H and O–H groups in total. The number of carbonyl (C=O) groups excluding carboxylic acids is 1. The Kier molecular flexibility index (Phi) is 7.83. The summed E-state index contributed by atoms with van der Waals surface area (Å²) in [7, 11) is -0.462. The lowest BCUT2D eigenvalue weighted by atomic mass is 10.2. The van der Waals surface area contributed by atoms with Crippen LogP contribution in [0.2, 0.25) is 0 Å². The second kappa shape index (κ2) is 10.6. The number of hydrogen-bond acceptors (Lipinski definition) is 6. The molecule has 0 radical (unpaired) electrons. The molecule has 0 aromatic heterocycles. The monoisotopic (exact) mass is 534 g/mol. The summed E-state index contributed by atoms with van der Waals surface area (Å²) in [6.07, 6.45) is 1.05. The van der Waals surface area contributed by atoms with Crippen LogP contribution in [-0.2, 0) is 16.6 Å². The number of rotatable bonds is 9. The van der Waals surface area contributed by atoms with Gasteiger partial charge in [0.1, 0.15) is 23.9 Å². The van der Waals surface area contributed by atoms with Gasteiger partial charge in [-0.2, -0.15) is 0 Å². The van der Waals surface area contributed by atoms with Crippen LogP contribution in [0.3, 0.4) is 0 Å². The Morgan fingerprint density at radius 3 is 2.42 bits per heavy atom. The standard InChI is InChI=1S/C23H23BrN2O6S/c1-30-19-8-10-21(31-2)16(12-19)14-32-22-13-18(7-9-20(22)26-33(3,28)29)25-23(27)15-5-4-6-17(24)11-15/h4-13,26H,14H2,1-3H3,(H,25,27).